The number of aliphatic hydroxyl groups excluding tert-OH is 1. The number of ether oxygens (including phenoxy) is 1. The van der Waals surface area contributed by atoms with E-state index in [2.05, 4.69) is 5.32 Å². The van der Waals surface area contributed by atoms with Gasteiger partial charge in [0.05, 0.1) is 22.9 Å². The van der Waals surface area contributed by atoms with Gasteiger partial charge in [-0.25, -0.2) is 8.78 Å². The molecule has 0 spiro atoms. The number of esters is 1. The molecule has 2 aromatic carbocycles. The van der Waals surface area contributed by atoms with Crippen molar-refractivity contribution in [2.45, 2.75) is 57.3 Å². The number of nitrogens with two attached hydrogens (primary N) is 1. The summed E-state index contributed by atoms with van der Waals surface area (Å²) >= 11 is 0. The number of nitrogen functional groups attached to an aromatic ring is 1. The van der Waals surface area contributed by atoms with Crippen molar-refractivity contribution < 1.29 is 28.2 Å². The minimum Gasteiger partial charge on any atom is -0.461 e. The van der Waals surface area contributed by atoms with E-state index in [9.17, 15) is 28.3 Å². The quantitative estimate of drug-likeness (QED) is 0.267. The molecular weight excluding hydrogens is 508 g/mol. The molecule has 2 atom stereocenters. The predicted octanol–water partition coefficient (Wildman–Crippen LogP) is 3.30. The van der Waals surface area contributed by atoms with Crippen LogP contribution in [-0.2, 0) is 16.0 Å². The molecule has 1 heterocycles. The lowest BCUT2D eigenvalue weighted by atomic mass is 10.0. The van der Waals surface area contributed by atoms with Crippen LogP contribution in [0, 0.1) is 11.6 Å². The Morgan fingerprint density at radius 2 is 1.74 bits per heavy atom. The Morgan fingerprint density at radius 1 is 1.08 bits per heavy atom. The van der Waals surface area contributed by atoms with Crippen LogP contribution in [0.4, 0.5) is 14.6 Å². The van der Waals surface area contributed by atoms with Gasteiger partial charge in [0.15, 0.2) is 5.78 Å². The number of anilines is 1. The average Bonchev–Trinajstić information content (AvgIpc) is 3.40. The largest absolute Gasteiger partial charge is 0.461 e. The number of carbonyl (C=O) groups excluding carboxylic acids is 2. The second kappa shape index (κ2) is 12.3. The zero-order valence-electron chi connectivity index (χ0n) is 21.5. The van der Waals surface area contributed by atoms with Gasteiger partial charge in [0.25, 0.3) is 5.56 Å². The third-order valence-corrected chi connectivity index (χ3v) is 6.84. The number of carbonyl (C=O) groups is 2. The zero-order chi connectivity index (χ0) is 28.1. The van der Waals surface area contributed by atoms with Gasteiger partial charge in [-0.3, -0.25) is 19.0 Å². The molecule has 1 unspecified atom stereocenters. The summed E-state index contributed by atoms with van der Waals surface area (Å²) < 4.78 is 34.1. The molecule has 8 nitrogen and oxygen atoms in total. The van der Waals surface area contributed by atoms with Crippen LogP contribution in [0.1, 0.15) is 54.1 Å². The SMILES string of the molecule is CC(O)[C@H](NCCc1ccc(-n2c(N)c(C(=O)c3ccc(F)cc3F)ccc2=O)cc1)C(=O)OC1CCCC1. The molecule has 0 aliphatic heterocycles. The van der Waals surface area contributed by atoms with Crippen LogP contribution in [0.5, 0.6) is 0 Å². The van der Waals surface area contributed by atoms with Crippen LogP contribution in [0.3, 0.4) is 0 Å². The molecule has 0 amide bonds. The summed E-state index contributed by atoms with van der Waals surface area (Å²) in [6.45, 7) is 1.93. The number of benzene rings is 2. The minimum atomic E-state index is -1.03. The van der Waals surface area contributed by atoms with Crippen molar-refractivity contribution in [1.29, 1.82) is 0 Å². The summed E-state index contributed by atoms with van der Waals surface area (Å²) in [4.78, 5) is 38.0. The van der Waals surface area contributed by atoms with Gasteiger partial charge >= 0.3 is 5.97 Å². The molecule has 1 saturated carbocycles. The molecule has 1 aromatic heterocycles. The van der Waals surface area contributed by atoms with E-state index in [4.69, 9.17) is 10.5 Å². The average molecular weight is 540 g/mol. The van der Waals surface area contributed by atoms with Gasteiger partial charge in [-0.15, -0.1) is 0 Å². The Balaban J connectivity index is 1.45. The Kier molecular flexibility index (Phi) is 8.88. The summed E-state index contributed by atoms with van der Waals surface area (Å²) in [7, 11) is 0. The van der Waals surface area contributed by atoms with Gasteiger partial charge in [-0.1, -0.05) is 12.1 Å². The van der Waals surface area contributed by atoms with E-state index in [0.29, 0.717) is 24.7 Å². The number of nitrogens with one attached hydrogen (secondary N) is 1. The second-order valence-corrected chi connectivity index (χ2v) is 9.69. The molecule has 0 bridgehead atoms. The first-order valence-corrected chi connectivity index (χ1v) is 12.9. The van der Waals surface area contributed by atoms with Crippen molar-refractivity contribution in [3.05, 3.63) is 93.3 Å². The van der Waals surface area contributed by atoms with E-state index in [1.807, 2.05) is 0 Å². The zero-order valence-corrected chi connectivity index (χ0v) is 21.5. The highest BCUT2D eigenvalue weighted by Gasteiger charge is 2.28. The number of aromatic nitrogens is 1. The van der Waals surface area contributed by atoms with Gasteiger partial charge < -0.3 is 20.9 Å². The molecule has 39 heavy (non-hydrogen) atoms. The summed E-state index contributed by atoms with van der Waals surface area (Å²) in [6, 6.07) is 11.0. The normalized spacial score (nSPS) is 15.2. The number of rotatable bonds is 10. The van der Waals surface area contributed by atoms with Crippen LogP contribution >= 0.6 is 0 Å². The van der Waals surface area contributed by atoms with Crippen molar-refractivity contribution >= 4 is 17.6 Å². The van der Waals surface area contributed by atoms with Crippen LogP contribution < -0.4 is 16.6 Å². The molecule has 0 radical (unpaired) electrons. The van der Waals surface area contributed by atoms with Gasteiger partial charge in [0, 0.05) is 18.7 Å². The van der Waals surface area contributed by atoms with E-state index in [1.165, 1.54) is 13.0 Å². The summed E-state index contributed by atoms with van der Waals surface area (Å²) in [5.41, 5.74) is 6.50. The number of nitrogens with zero attached hydrogens (tertiary/aromatic N) is 1. The summed E-state index contributed by atoms with van der Waals surface area (Å²) in [5, 5.41) is 13.1. The highest BCUT2D eigenvalue weighted by molar-refractivity contribution is 6.11. The van der Waals surface area contributed by atoms with Crippen LogP contribution in [-0.4, -0.2) is 46.2 Å². The van der Waals surface area contributed by atoms with Crippen molar-refractivity contribution in [2.24, 2.45) is 0 Å². The van der Waals surface area contributed by atoms with Crippen molar-refractivity contribution in [1.82, 2.24) is 9.88 Å². The maximum atomic E-state index is 14.2. The molecule has 0 saturated heterocycles. The lowest BCUT2D eigenvalue weighted by Crippen LogP contribution is -2.47. The van der Waals surface area contributed by atoms with E-state index in [0.717, 1.165) is 54.0 Å². The van der Waals surface area contributed by atoms with E-state index < -0.39 is 41.1 Å². The lowest BCUT2D eigenvalue weighted by molar-refractivity contribution is -0.154. The highest BCUT2D eigenvalue weighted by Crippen LogP contribution is 2.22. The predicted molar refractivity (Wildman–Crippen MR) is 142 cm³/mol. The van der Waals surface area contributed by atoms with E-state index >= 15 is 0 Å². The van der Waals surface area contributed by atoms with Gasteiger partial charge in [-0.2, -0.15) is 0 Å². The van der Waals surface area contributed by atoms with Crippen LogP contribution in [0.25, 0.3) is 5.69 Å². The topological polar surface area (TPSA) is 124 Å². The van der Waals surface area contributed by atoms with Gasteiger partial charge in [0.1, 0.15) is 29.6 Å². The first kappa shape index (κ1) is 28.1. The molecule has 206 valence electrons. The molecule has 1 aliphatic rings. The fraction of sp³-hybridized carbons (Fsp3) is 0.345. The second-order valence-electron chi connectivity index (χ2n) is 9.69. The fourth-order valence-corrected chi connectivity index (χ4v) is 4.71. The number of halogens is 2. The number of hydrogen-bond acceptors (Lipinski definition) is 7. The highest BCUT2D eigenvalue weighted by atomic mass is 19.1. The Labute approximate surface area is 224 Å². The Morgan fingerprint density at radius 3 is 2.38 bits per heavy atom. The number of aliphatic hydroxyl groups is 1. The number of hydrogen-bond donors (Lipinski definition) is 3. The molecule has 3 aromatic rings. The third-order valence-electron chi connectivity index (χ3n) is 6.84. The van der Waals surface area contributed by atoms with Crippen molar-refractivity contribution in [2.75, 3.05) is 12.3 Å². The monoisotopic (exact) mass is 539 g/mol. The summed E-state index contributed by atoms with van der Waals surface area (Å²) in [6.07, 6.45) is 3.27. The fourth-order valence-electron chi connectivity index (χ4n) is 4.71. The Bertz CT molecular complexity index is 1400. The maximum absolute atomic E-state index is 14.2. The minimum absolute atomic E-state index is 0.0903. The van der Waals surface area contributed by atoms with E-state index in [1.54, 1.807) is 24.3 Å². The molecule has 1 fully saturated rings. The Hall–Kier alpha value is -3.89. The van der Waals surface area contributed by atoms with Crippen molar-refractivity contribution in [3.8, 4) is 5.69 Å². The van der Waals surface area contributed by atoms with Crippen LogP contribution in [0.15, 0.2) is 59.4 Å². The maximum Gasteiger partial charge on any atom is 0.326 e. The first-order chi connectivity index (χ1) is 18.7. The molecular formula is C29H31F2N3O5. The van der Waals surface area contributed by atoms with Gasteiger partial charge in [-0.05, 0) is 74.9 Å². The molecule has 4 rings (SSSR count). The standard InChI is InChI=1S/C29H31F2N3O5/c1-17(35)26(29(38)39-21-4-2-3-5-21)33-15-14-18-6-9-20(10-7-18)34-25(36)13-12-23(28(34)32)27(37)22-11-8-19(30)16-24(22)31/h6-13,16-17,21,26,33,35H,2-5,14-15,32H2,1H3/t17?,26-/m0/s1. The van der Waals surface area contributed by atoms with E-state index in [-0.39, 0.29) is 23.0 Å². The lowest BCUT2D eigenvalue weighted by Gasteiger charge is -2.22. The number of pyridine rings is 1. The van der Waals surface area contributed by atoms with Crippen LogP contribution in [0.2, 0.25) is 0 Å². The molecule has 1 aliphatic carbocycles. The summed E-state index contributed by atoms with van der Waals surface area (Å²) in [5.74, 6) is -3.26. The number of ketones is 1. The smallest absolute Gasteiger partial charge is 0.326 e. The van der Waals surface area contributed by atoms with Gasteiger partial charge in [0.2, 0.25) is 0 Å². The first-order valence-electron chi connectivity index (χ1n) is 12.9. The third kappa shape index (κ3) is 6.58. The molecule has 10 heteroatoms. The van der Waals surface area contributed by atoms with Crippen molar-refractivity contribution in [3.63, 3.8) is 0 Å². The molecule has 4 N–H and O–H groups in total.